The van der Waals surface area contributed by atoms with Crippen LogP contribution in [0.25, 0.3) is 55.6 Å². The molecule has 2 aliphatic rings. The van der Waals surface area contributed by atoms with Gasteiger partial charge in [0.15, 0.2) is 0 Å². The van der Waals surface area contributed by atoms with Gasteiger partial charge in [0, 0.05) is 16.8 Å². The fourth-order valence-electron chi connectivity index (χ4n) is 13.1. The lowest BCUT2D eigenvalue weighted by Gasteiger charge is -2.35. The Kier molecular flexibility index (Phi) is 10.7. The van der Waals surface area contributed by atoms with Gasteiger partial charge in [-0.05, 0) is 113 Å². The Morgan fingerprint density at radius 1 is 0.213 bits per heavy atom. The van der Waals surface area contributed by atoms with Gasteiger partial charge in [0.05, 0.1) is 22.2 Å². The monoisotopic (exact) mass is 953 g/mol. The molecule has 12 aromatic carbocycles. The predicted molar refractivity (Wildman–Crippen MR) is 312 cm³/mol. The normalized spacial score (nSPS) is 13.3. The Labute approximate surface area is 440 Å². The van der Waals surface area contributed by atoms with Crippen molar-refractivity contribution in [2.45, 2.75) is 10.8 Å². The number of fused-ring (bicyclic) bond motifs is 6. The quantitative estimate of drug-likeness (QED) is 0.132. The van der Waals surface area contributed by atoms with E-state index in [1.165, 1.54) is 77.9 Å². The van der Waals surface area contributed by atoms with Crippen LogP contribution < -0.4 is 4.90 Å². The summed E-state index contributed by atoms with van der Waals surface area (Å²) in [5.74, 6) is 0. The van der Waals surface area contributed by atoms with Crippen molar-refractivity contribution >= 4 is 17.1 Å². The molecule has 1 nitrogen and oxygen atoms in total. The molecule has 1 heteroatoms. The molecule has 0 atom stereocenters. The minimum atomic E-state index is -0.591. The third-order valence-electron chi connectivity index (χ3n) is 16.1. The van der Waals surface area contributed by atoms with Crippen LogP contribution >= 0.6 is 0 Å². The average Bonchev–Trinajstić information content (AvgIpc) is 4.10. The number of benzene rings is 12. The van der Waals surface area contributed by atoms with Crippen LogP contribution in [0.5, 0.6) is 0 Å². The molecule has 0 saturated heterocycles. The summed E-state index contributed by atoms with van der Waals surface area (Å²) in [6.07, 6.45) is 0. The highest BCUT2D eigenvalue weighted by molar-refractivity contribution is 6.05. The number of nitrogens with zero attached hydrogens (tertiary/aromatic N) is 1. The lowest BCUT2D eigenvalue weighted by Crippen LogP contribution is -2.28. The molecule has 2 aliphatic carbocycles. The number of hydrogen-bond acceptors (Lipinski definition) is 1. The van der Waals surface area contributed by atoms with E-state index in [0.29, 0.717) is 0 Å². The molecule has 0 heterocycles. The highest BCUT2D eigenvalue weighted by Gasteiger charge is 2.49. The lowest BCUT2D eigenvalue weighted by atomic mass is 9.67. The molecular formula is C74H51N. The number of anilines is 3. The minimum Gasteiger partial charge on any atom is -0.309 e. The highest BCUT2D eigenvalue weighted by Crippen LogP contribution is 2.62. The third-order valence-corrected chi connectivity index (χ3v) is 16.1. The summed E-state index contributed by atoms with van der Waals surface area (Å²) in [5.41, 5.74) is 24.1. The zero-order chi connectivity index (χ0) is 49.8. The Morgan fingerprint density at radius 2 is 0.573 bits per heavy atom. The van der Waals surface area contributed by atoms with Crippen LogP contribution in [-0.2, 0) is 10.8 Å². The van der Waals surface area contributed by atoms with Gasteiger partial charge in [-0.1, -0.05) is 285 Å². The van der Waals surface area contributed by atoms with E-state index in [0.717, 1.165) is 39.3 Å². The molecule has 0 N–H and O–H groups in total. The molecule has 12 aromatic rings. The van der Waals surface area contributed by atoms with E-state index < -0.39 is 10.8 Å². The smallest absolute Gasteiger partial charge is 0.0714 e. The molecule has 14 rings (SSSR count). The standard InChI is InChI=1S/C74H51N/c1-7-27-52(28-8-1)59-39-19-20-41-62(59)71-60(53-29-9-2-10-30-53)43-25-47-69(71)75(58-49-50-67-64(51-58)61-40-21-23-44-65(61)73(67,54-31-11-3-12-32-54)55-33-13-4-14-34-55)70-48-26-46-68-72(70)63-42-22-24-45-66(63)74(68,56-35-15-5-16-36-56)57-37-17-6-18-38-57/h1-51H. The lowest BCUT2D eigenvalue weighted by molar-refractivity contribution is 0.768. The zero-order valence-corrected chi connectivity index (χ0v) is 41.4. The second-order valence-electron chi connectivity index (χ2n) is 19.8. The number of hydrogen-bond donors (Lipinski definition) is 0. The van der Waals surface area contributed by atoms with Crippen molar-refractivity contribution in [3.8, 4) is 55.6 Å². The molecule has 0 aliphatic heterocycles. The largest absolute Gasteiger partial charge is 0.309 e. The van der Waals surface area contributed by atoms with Crippen molar-refractivity contribution in [2.75, 3.05) is 4.90 Å². The molecule has 352 valence electrons. The van der Waals surface area contributed by atoms with Crippen LogP contribution in [0, 0.1) is 0 Å². The fourth-order valence-corrected chi connectivity index (χ4v) is 13.1. The molecule has 0 aromatic heterocycles. The van der Waals surface area contributed by atoms with Crippen molar-refractivity contribution < 1.29 is 0 Å². The van der Waals surface area contributed by atoms with E-state index in [4.69, 9.17) is 0 Å². The first-order chi connectivity index (χ1) is 37.3. The van der Waals surface area contributed by atoms with E-state index in [-0.39, 0.29) is 0 Å². The van der Waals surface area contributed by atoms with Gasteiger partial charge < -0.3 is 4.90 Å². The van der Waals surface area contributed by atoms with E-state index >= 15 is 0 Å². The minimum absolute atomic E-state index is 0.539. The Hall–Kier alpha value is -9.56. The van der Waals surface area contributed by atoms with E-state index in [1.54, 1.807) is 0 Å². The van der Waals surface area contributed by atoms with E-state index in [9.17, 15) is 0 Å². The fraction of sp³-hybridized carbons (Fsp3) is 0.0270. The van der Waals surface area contributed by atoms with Crippen LogP contribution in [0.15, 0.2) is 309 Å². The van der Waals surface area contributed by atoms with Gasteiger partial charge >= 0.3 is 0 Å². The maximum Gasteiger partial charge on any atom is 0.0714 e. The summed E-state index contributed by atoms with van der Waals surface area (Å²) in [5, 5.41) is 0. The van der Waals surface area contributed by atoms with Gasteiger partial charge in [-0.15, -0.1) is 0 Å². The second-order valence-corrected chi connectivity index (χ2v) is 19.8. The van der Waals surface area contributed by atoms with E-state index in [2.05, 4.69) is 314 Å². The highest BCUT2D eigenvalue weighted by atomic mass is 15.1. The average molecular weight is 954 g/mol. The first-order valence-corrected chi connectivity index (χ1v) is 26.1. The third kappa shape index (κ3) is 6.78. The molecule has 0 unspecified atom stereocenters. The SMILES string of the molecule is c1ccc(-c2ccccc2-c2c(-c3ccccc3)cccc2N(c2ccc3c(c2)-c2ccccc2C3(c2ccccc2)c2ccccc2)c2cccc3c2-c2ccccc2C3(c2ccccc2)c2ccccc2)cc1. The van der Waals surface area contributed by atoms with Gasteiger partial charge in [0.1, 0.15) is 0 Å². The van der Waals surface area contributed by atoms with Gasteiger partial charge in [0.2, 0.25) is 0 Å². The van der Waals surface area contributed by atoms with Crippen molar-refractivity contribution in [1.29, 1.82) is 0 Å². The molecule has 0 amide bonds. The first-order valence-electron chi connectivity index (χ1n) is 26.1. The van der Waals surface area contributed by atoms with Gasteiger partial charge in [-0.25, -0.2) is 0 Å². The van der Waals surface area contributed by atoms with Crippen LogP contribution in [0.4, 0.5) is 17.1 Å². The Morgan fingerprint density at radius 3 is 1.12 bits per heavy atom. The van der Waals surface area contributed by atoms with Gasteiger partial charge in [-0.3, -0.25) is 0 Å². The van der Waals surface area contributed by atoms with Crippen molar-refractivity contribution in [2.24, 2.45) is 0 Å². The summed E-state index contributed by atoms with van der Waals surface area (Å²) >= 11 is 0. The van der Waals surface area contributed by atoms with E-state index in [1.807, 2.05) is 0 Å². The van der Waals surface area contributed by atoms with Crippen LogP contribution in [0.1, 0.15) is 44.5 Å². The van der Waals surface area contributed by atoms with Crippen LogP contribution in [0.3, 0.4) is 0 Å². The Balaban J connectivity index is 1.12. The van der Waals surface area contributed by atoms with Crippen molar-refractivity contribution in [3.63, 3.8) is 0 Å². The van der Waals surface area contributed by atoms with Crippen LogP contribution in [0.2, 0.25) is 0 Å². The first kappa shape index (κ1) is 44.2. The van der Waals surface area contributed by atoms with Gasteiger partial charge in [0.25, 0.3) is 0 Å². The summed E-state index contributed by atoms with van der Waals surface area (Å²) < 4.78 is 0. The molecule has 0 radical (unpaired) electrons. The van der Waals surface area contributed by atoms with Crippen molar-refractivity contribution in [1.82, 2.24) is 0 Å². The number of rotatable bonds is 10. The predicted octanol–water partition coefficient (Wildman–Crippen LogP) is 18.9. The Bertz CT molecular complexity index is 3960. The van der Waals surface area contributed by atoms with Gasteiger partial charge in [-0.2, -0.15) is 0 Å². The summed E-state index contributed by atoms with van der Waals surface area (Å²) in [7, 11) is 0. The summed E-state index contributed by atoms with van der Waals surface area (Å²) in [6, 6.07) is 115. The molecule has 75 heavy (non-hydrogen) atoms. The summed E-state index contributed by atoms with van der Waals surface area (Å²) in [4.78, 5) is 2.60. The molecule has 0 bridgehead atoms. The molecule has 0 fully saturated rings. The van der Waals surface area contributed by atoms with Crippen LogP contribution in [-0.4, -0.2) is 0 Å². The molecule has 0 spiro atoms. The maximum atomic E-state index is 2.60. The molecule has 0 saturated carbocycles. The topological polar surface area (TPSA) is 3.24 Å². The zero-order valence-electron chi connectivity index (χ0n) is 41.4. The second kappa shape index (κ2) is 18.2. The van der Waals surface area contributed by atoms with Crippen molar-refractivity contribution in [3.05, 3.63) is 354 Å². The summed E-state index contributed by atoms with van der Waals surface area (Å²) in [6.45, 7) is 0. The maximum absolute atomic E-state index is 2.60. The molecular weight excluding hydrogens is 903 g/mol.